The molecule has 1 aromatic rings. The first kappa shape index (κ1) is 12.8. The Hall–Kier alpha value is -1.22. The van der Waals surface area contributed by atoms with Gasteiger partial charge in [-0.1, -0.05) is 24.3 Å². The molecule has 0 amide bonds. The van der Waals surface area contributed by atoms with Crippen LogP contribution in [-0.2, 0) is 12.8 Å². The summed E-state index contributed by atoms with van der Waals surface area (Å²) in [7, 11) is 0. The Kier molecular flexibility index (Phi) is 5.72. The van der Waals surface area contributed by atoms with E-state index in [1.807, 2.05) is 24.3 Å². The molecule has 0 aliphatic heterocycles. The molecule has 0 aliphatic carbocycles. The van der Waals surface area contributed by atoms with Crippen LogP contribution in [0, 0.1) is 5.41 Å². The number of nitrogens with one attached hydrogen (secondary N) is 1. The summed E-state index contributed by atoms with van der Waals surface area (Å²) in [5.41, 5.74) is 7.83. The molecule has 0 spiro atoms. The molecular weight excluding hydrogens is 203 g/mol. The van der Waals surface area contributed by atoms with Crippen LogP contribution < -0.4 is 5.73 Å². The molecule has 88 valence electrons. The van der Waals surface area contributed by atoms with E-state index in [2.05, 4.69) is 0 Å². The first-order chi connectivity index (χ1) is 7.76. The van der Waals surface area contributed by atoms with Gasteiger partial charge >= 0.3 is 0 Å². The van der Waals surface area contributed by atoms with Gasteiger partial charge in [0.05, 0.1) is 0 Å². The quantitative estimate of drug-likeness (QED) is 0.684. The number of nitrogens with two attached hydrogens (primary N) is 1. The van der Waals surface area contributed by atoms with Crippen LogP contribution in [0.25, 0.3) is 0 Å². The van der Waals surface area contributed by atoms with E-state index in [0.717, 1.165) is 24.6 Å². The van der Waals surface area contributed by atoms with Gasteiger partial charge in [-0.25, -0.2) is 4.39 Å². The van der Waals surface area contributed by atoms with Gasteiger partial charge in [-0.2, -0.15) is 0 Å². The lowest BCUT2D eigenvalue weighted by Gasteiger charge is -2.06. The zero-order valence-electron chi connectivity index (χ0n) is 9.45. The number of benzene rings is 1. The first-order valence-corrected chi connectivity index (χ1v) is 5.67. The standard InChI is InChI=1S/C13H19FN2/c14-13(8-10-16)6-5-11-1-3-12(4-2-11)7-9-15/h1-4,10,13,16H,5-9,15H2. The minimum absolute atomic E-state index is 0.227. The molecule has 0 aromatic heterocycles. The normalized spacial score (nSPS) is 12.4. The predicted octanol–water partition coefficient (Wildman–Crippen LogP) is 2.50. The molecule has 1 unspecified atom stereocenters. The molecule has 0 aliphatic rings. The monoisotopic (exact) mass is 222 g/mol. The van der Waals surface area contributed by atoms with Crippen molar-refractivity contribution in [1.29, 1.82) is 5.41 Å². The number of halogens is 1. The van der Waals surface area contributed by atoms with Crippen LogP contribution in [0.5, 0.6) is 0 Å². The number of aryl methyl sites for hydroxylation is 1. The lowest BCUT2D eigenvalue weighted by Crippen LogP contribution is -2.04. The largest absolute Gasteiger partial charge is 0.330 e. The van der Waals surface area contributed by atoms with Crippen molar-refractivity contribution in [3.63, 3.8) is 0 Å². The molecule has 1 rings (SSSR count). The maximum absolute atomic E-state index is 13.1. The summed E-state index contributed by atoms with van der Waals surface area (Å²) in [6, 6.07) is 8.16. The summed E-state index contributed by atoms with van der Waals surface area (Å²) < 4.78 is 13.1. The van der Waals surface area contributed by atoms with Gasteiger partial charge in [-0.3, -0.25) is 0 Å². The molecule has 1 atom stereocenters. The number of rotatable bonds is 7. The molecule has 0 radical (unpaired) electrons. The van der Waals surface area contributed by atoms with Gasteiger partial charge in [-0.05, 0) is 43.1 Å². The lowest BCUT2D eigenvalue weighted by atomic mass is 10.0. The van der Waals surface area contributed by atoms with Crippen molar-refractivity contribution in [2.24, 2.45) is 5.73 Å². The molecule has 3 heteroatoms. The first-order valence-electron chi connectivity index (χ1n) is 5.67. The van der Waals surface area contributed by atoms with Crippen LogP contribution in [0.2, 0.25) is 0 Å². The van der Waals surface area contributed by atoms with Crippen molar-refractivity contribution >= 4 is 6.21 Å². The molecule has 1 aromatic carbocycles. The van der Waals surface area contributed by atoms with E-state index in [-0.39, 0.29) is 6.42 Å². The Labute approximate surface area is 96.2 Å². The van der Waals surface area contributed by atoms with Gasteiger partial charge in [0, 0.05) is 6.42 Å². The van der Waals surface area contributed by atoms with Crippen LogP contribution in [0.1, 0.15) is 24.0 Å². The third-order valence-corrected chi connectivity index (χ3v) is 2.58. The molecule has 0 heterocycles. The van der Waals surface area contributed by atoms with Crippen LogP contribution in [-0.4, -0.2) is 18.9 Å². The minimum Gasteiger partial charge on any atom is -0.330 e. The van der Waals surface area contributed by atoms with Crippen LogP contribution >= 0.6 is 0 Å². The minimum atomic E-state index is -0.888. The van der Waals surface area contributed by atoms with Gasteiger partial charge < -0.3 is 11.1 Å². The van der Waals surface area contributed by atoms with E-state index in [1.54, 1.807) is 0 Å². The molecular formula is C13H19FN2. The zero-order valence-corrected chi connectivity index (χ0v) is 9.45. The third kappa shape index (κ3) is 4.53. The second-order valence-corrected chi connectivity index (χ2v) is 3.93. The van der Waals surface area contributed by atoms with Crippen molar-refractivity contribution in [3.8, 4) is 0 Å². The van der Waals surface area contributed by atoms with Crippen LogP contribution in [0.15, 0.2) is 24.3 Å². The van der Waals surface area contributed by atoms with Gasteiger partial charge in [0.1, 0.15) is 6.17 Å². The summed E-state index contributed by atoms with van der Waals surface area (Å²) in [5, 5.41) is 6.81. The average Bonchev–Trinajstić information content (AvgIpc) is 2.29. The second-order valence-electron chi connectivity index (χ2n) is 3.93. The summed E-state index contributed by atoms with van der Waals surface area (Å²) in [6.07, 6.45) is 2.59. The molecule has 0 saturated heterocycles. The Morgan fingerprint density at radius 1 is 1.19 bits per heavy atom. The summed E-state index contributed by atoms with van der Waals surface area (Å²) in [6.45, 7) is 0.658. The van der Waals surface area contributed by atoms with E-state index in [9.17, 15) is 4.39 Å². The van der Waals surface area contributed by atoms with Crippen LogP contribution in [0.3, 0.4) is 0 Å². The zero-order chi connectivity index (χ0) is 11.8. The van der Waals surface area contributed by atoms with E-state index < -0.39 is 6.17 Å². The van der Waals surface area contributed by atoms with Gasteiger partial charge in [0.25, 0.3) is 0 Å². The fourth-order valence-electron chi connectivity index (χ4n) is 1.61. The van der Waals surface area contributed by atoms with E-state index in [4.69, 9.17) is 11.1 Å². The van der Waals surface area contributed by atoms with Crippen molar-refractivity contribution < 1.29 is 4.39 Å². The fraction of sp³-hybridized carbons (Fsp3) is 0.462. The molecule has 0 bridgehead atoms. The van der Waals surface area contributed by atoms with E-state index >= 15 is 0 Å². The molecule has 0 fully saturated rings. The Bertz CT molecular complexity index is 308. The molecule has 16 heavy (non-hydrogen) atoms. The highest BCUT2D eigenvalue weighted by molar-refractivity contribution is 5.53. The lowest BCUT2D eigenvalue weighted by molar-refractivity contribution is 0.325. The van der Waals surface area contributed by atoms with Crippen LogP contribution in [0.4, 0.5) is 4.39 Å². The third-order valence-electron chi connectivity index (χ3n) is 2.58. The fourth-order valence-corrected chi connectivity index (χ4v) is 1.61. The SMILES string of the molecule is N=CCC(F)CCc1ccc(CCN)cc1. The summed E-state index contributed by atoms with van der Waals surface area (Å²) in [5.74, 6) is 0. The number of hydrogen-bond acceptors (Lipinski definition) is 2. The highest BCUT2D eigenvalue weighted by atomic mass is 19.1. The molecule has 3 N–H and O–H groups in total. The van der Waals surface area contributed by atoms with E-state index in [1.165, 1.54) is 5.56 Å². The maximum Gasteiger partial charge on any atom is 0.105 e. The maximum atomic E-state index is 13.1. The van der Waals surface area contributed by atoms with Gasteiger partial charge in [0.2, 0.25) is 0 Å². The number of alkyl halides is 1. The Morgan fingerprint density at radius 2 is 1.75 bits per heavy atom. The van der Waals surface area contributed by atoms with Crippen molar-refractivity contribution in [1.82, 2.24) is 0 Å². The van der Waals surface area contributed by atoms with Crippen molar-refractivity contribution in [2.45, 2.75) is 31.9 Å². The molecule has 2 nitrogen and oxygen atoms in total. The van der Waals surface area contributed by atoms with Crippen molar-refractivity contribution in [3.05, 3.63) is 35.4 Å². The van der Waals surface area contributed by atoms with Gasteiger partial charge in [-0.15, -0.1) is 0 Å². The van der Waals surface area contributed by atoms with E-state index in [0.29, 0.717) is 13.0 Å². The second kappa shape index (κ2) is 7.12. The Morgan fingerprint density at radius 3 is 2.25 bits per heavy atom. The summed E-state index contributed by atoms with van der Waals surface area (Å²) >= 11 is 0. The predicted molar refractivity (Wildman–Crippen MR) is 65.8 cm³/mol. The topological polar surface area (TPSA) is 49.9 Å². The molecule has 0 saturated carbocycles. The smallest absolute Gasteiger partial charge is 0.105 e. The highest BCUT2D eigenvalue weighted by Gasteiger charge is 2.04. The van der Waals surface area contributed by atoms with Crippen molar-refractivity contribution in [2.75, 3.05) is 6.54 Å². The summed E-state index contributed by atoms with van der Waals surface area (Å²) in [4.78, 5) is 0. The average molecular weight is 222 g/mol. The Balaban J connectivity index is 2.39. The number of hydrogen-bond donors (Lipinski definition) is 2. The highest BCUT2D eigenvalue weighted by Crippen LogP contribution is 2.11. The van der Waals surface area contributed by atoms with Gasteiger partial charge in [0.15, 0.2) is 0 Å².